The lowest BCUT2D eigenvalue weighted by atomic mass is 10.1. The molecule has 0 aliphatic carbocycles. The number of likely N-dealkylation sites (N-methyl/N-ethyl adjacent to an activating group) is 1. The highest BCUT2D eigenvalue weighted by atomic mass is 16.5. The van der Waals surface area contributed by atoms with Crippen LogP contribution >= 0.6 is 0 Å². The summed E-state index contributed by atoms with van der Waals surface area (Å²) in [6.07, 6.45) is 4.40. The summed E-state index contributed by atoms with van der Waals surface area (Å²) >= 11 is 0. The fraction of sp³-hybridized carbons (Fsp3) is 0.476. The van der Waals surface area contributed by atoms with Gasteiger partial charge in [-0.2, -0.15) is 5.10 Å². The second kappa shape index (κ2) is 9.56. The van der Waals surface area contributed by atoms with Crippen LogP contribution in [0.4, 0.5) is 5.69 Å². The number of carbonyl (C=O) groups excluding carboxylic acids is 2. The van der Waals surface area contributed by atoms with E-state index in [4.69, 9.17) is 9.47 Å². The molecule has 1 saturated heterocycles. The Hall–Kier alpha value is -2.87. The second-order valence-electron chi connectivity index (χ2n) is 7.35. The molecule has 2 aromatic rings. The number of ether oxygens (including phenoxy) is 2. The minimum atomic E-state index is -0.400. The number of hydrogen-bond donors (Lipinski definition) is 1. The predicted octanol–water partition coefficient (Wildman–Crippen LogP) is 2.15. The molecule has 1 aliphatic heterocycles. The first-order chi connectivity index (χ1) is 13.9. The third kappa shape index (κ3) is 5.80. The lowest BCUT2D eigenvalue weighted by Crippen LogP contribution is -2.33. The van der Waals surface area contributed by atoms with E-state index in [0.717, 1.165) is 24.2 Å². The van der Waals surface area contributed by atoms with Crippen LogP contribution < -0.4 is 10.1 Å². The summed E-state index contributed by atoms with van der Waals surface area (Å²) < 4.78 is 12.7. The SMILES string of the molecule is Cc1ccc(OCCN(C)C(=O)Cn2cc(NC(=O)C3CCCO3)cn2)c(C)c1. The molecule has 1 aliphatic rings. The molecule has 0 bridgehead atoms. The molecule has 156 valence electrons. The molecule has 1 unspecified atom stereocenters. The van der Waals surface area contributed by atoms with E-state index in [1.54, 1.807) is 18.1 Å². The molecule has 1 fully saturated rings. The van der Waals surface area contributed by atoms with Crippen molar-refractivity contribution in [2.75, 3.05) is 32.1 Å². The van der Waals surface area contributed by atoms with Crippen molar-refractivity contribution < 1.29 is 19.1 Å². The summed E-state index contributed by atoms with van der Waals surface area (Å²) in [6, 6.07) is 6.02. The van der Waals surface area contributed by atoms with Crippen LogP contribution in [-0.2, 0) is 20.9 Å². The number of aryl methyl sites for hydroxylation is 2. The van der Waals surface area contributed by atoms with E-state index < -0.39 is 6.10 Å². The van der Waals surface area contributed by atoms with Crippen LogP contribution in [0, 0.1) is 13.8 Å². The highest BCUT2D eigenvalue weighted by molar-refractivity contribution is 5.94. The summed E-state index contributed by atoms with van der Waals surface area (Å²) in [5.41, 5.74) is 2.82. The Bertz CT molecular complexity index is 858. The molecule has 29 heavy (non-hydrogen) atoms. The van der Waals surface area contributed by atoms with E-state index >= 15 is 0 Å². The van der Waals surface area contributed by atoms with Crippen LogP contribution in [0.2, 0.25) is 0 Å². The lowest BCUT2D eigenvalue weighted by Gasteiger charge is -2.18. The Morgan fingerprint density at radius 1 is 1.38 bits per heavy atom. The zero-order valence-electron chi connectivity index (χ0n) is 17.2. The summed E-state index contributed by atoms with van der Waals surface area (Å²) in [6.45, 7) is 5.63. The molecule has 0 radical (unpaired) electrons. The summed E-state index contributed by atoms with van der Waals surface area (Å²) in [5, 5.41) is 6.92. The van der Waals surface area contributed by atoms with E-state index in [1.807, 2.05) is 26.0 Å². The van der Waals surface area contributed by atoms with E-state index in [9.17, 15) is 9.59 Å². The molecule has 1 N–H and O–H groups in total. The van der Waals surface area contributed by atoms with Crippen molar-refractivity contribution >= 4 is 17.5 Å². The molecule has 8 nitrogen and oxygen atoms in total. The van der Waals surface area contributed by atoms with Crippen molar-refractivity contribution in [3.63, 3.8) is 0 Å². The van der Waals surface area contributed by atoms with Crippen molar-refractivity contribution in [1.29, 1.82) is 0 Å². The van der Waals surface area contributed by atoms with Gasteiger partial charge >= 0.3 is 0 Å². The van der Waals surface area contributed by atoms with Crippen LogP contribution in [0.15, 0.2) is 30.6 Å². The quantitative estimate of drug-likeness (QED) is 0.734. The third-order valence-corrected chi connectivity index (χ3v) is 4.86. The summed E-state index contributed by atoms with van der Waals surface area (Å²) in [5.74, 6) is 0.568. The molecule has 2 heterocycles. The van der Waals surface area contributed by atoms with Gasteiger partial charge in [0.1, 0.15) is 25.0 Å². The minimum absolute atomic E-state index is 0.0886. The largest absolute Gasteiger partial charge is 0.491 e. The van der Waals surface area contributed by atoms with Gasteiger partial charge in [-0.15, -0.1) is 0 Å². The average molecular weight is 400 g/mol. The maximum Gasteiger partial charge on any atom is 0.253 e. The Kier molecular flexibility index (Phi) is 6.87. The number of benzene rings is 1. The molecular formula is C21H28N4O4. The fourth-order valence-corrected chi connectivity index (χ4v) is 3.16. The number of carbonyl (C=O) groups is 2. The van der Waals surface area contributed by atoms with Gasteiger partial charge in [0.25, 0.3) is 5.91 Å². The Labute approximate surface area is 170 Å². The first-order valence-electron chi connectivity index (χ1n) is 9.81. The van der Waals surface area contributed by atoms with Crippen molar-refractivity contribution in [3.05, 3.63) is 41.7 Å². The average Bonchev–Trinajstić information content (AvgIpc) is 3.35. The second-order valence-corrected chi connectivity index (χ2v) is 7.35. The monoisotopic (exact) mass is 400 g/mol. The molecule has 0 spiro atoms. The third-order valence-electron chi connectivity index (χ3n) is 4.86. The first kappa shape index (κ1) is 20.9. The van der Waals surface area contributed by atoms with Gasteiger partial charge in [0.15, 0.2) is 0 Å². The van der Waals surface area contributed by atoms with Crippen molar-refractivity contribution in [2.45, 2.75) is 39.3 Å². The fourth-order valence-electron chi connectivity index (χ4n) is 3.16. The Balaban J connectivity index is 1.43. The van der Waals surface area contributed by atoms with Gasteiger partial charge in [0.05, 0.1) is 18.4 Å². The van der Waals surface area contributed by atoms with Crippen molar-refractivity contribution in [3.8, 4) is 5.75 Å². The number of nitrogens with zero attached hydrogens (tertiary/aromatic N) is 3. The number of anilines is 1. The number of amides is 2. The molecule has 0 saturated carbocycles. The van der Waals surface area contributed by atoms with Gasteiger partial charge in [0.2, 0.25) is 5.91 Å². The first-order valence-corrected chi connectivity index (χ1v) is 9.81. The molecule has 1 aromatic carbocycles. The van der Waals surface area contributed by atoms with Crippen LogP contribution in [-0.4, -0.2) is 59.4 Å². The Morgan fingerprint density at radius 2 is 2.21 bits per heavy atom. The molecule has 3 rings (SSSR count). The van der Waals surface area contributed by atoms with E-state index in [2.05, 4.69) is 16.5 Å². The standard InChI is InChI=1S/C21H28N4O4/c1-15-6-7-18(16(2)11-15)29-10-8-24(3)20(26)14-25-13-17(12-22-25)23-21(27)19-5-4-9-28-19/h6-7,11-13,19H,4-5,8-10,14H2,1-3H3,(H,23,27). The van der Waals surface area contributed by atoms with Crippen LogP contribution in [0.5, 0.6) is 5.75 Å². The van der Waals surface area contributed by atoms with Crippen molar-refractivity contribution in [2.24, 2.45) is 0 Å². The molecule has 1 atom stereocenters. The van der Waals surface area contributed by atoms with E-state index in [-0.39, 0.29) is 18.4 Å². The van der Waals surface area contributed by atoms with E-state index in [0.29, 0.717) is 25.4 Å². The normalized spacial score (nSPS) is 15.9. The van der Waals surface area contributed by atoms with Crippen LogP contribution in [0.1, 0.15) is 24.0 Å². The molecule has 1 aromatic heterocycles. The highest BCUT2D eigenvalue weighted by Crippen LogP contribution is 2.18. The number of aromatic nitrogens is 2. The molecular weight excluding hydrogens is 372 g/mol. The zero-order valence-corrected chi connectivity index (χ0v) is 17.2. The number of rotatable bonds is 8. The number of nitrogens with one attached hydrogen (secondary N) is 1. The van der Waals surface area contributed by atoms with Crippen LogP contribution in [0.3, 0.4) is 0 Å². The summed E-state index contributed by atoms with van der Waals surface area (Å²) in [7, 11) is 1.73. The molecule has 8 heteroatoms. The predicted molar refractivity (Wildman–Crippen MR) is 109 cm³/mol. The minimum Gasteiger partial charge on any atom is -0.491 e. The highest BCUT2D eigenvalue weighted by Gasteiger charge is 2.23. The number of hydrogen-bond acceptors (Lipinski definition) is 5. The maximum absolute atomic E-state index is 12.4. The van der Waals surface area contributed by atoms with Gasteiger partial charge in [-0.05, 0) is 38.3 Å². The zero-order chi connectivity index (χ0) is 20.8. The van der Waals surface area contributed by atoms with Gasteiger partial charge in [-0.3, -0.25) is 14.3 Å². The van der Waals surface area contributed by atoms with Gasteiger partial charge in [0, 0.05) is 19.9 Å². The lowest BCUT2D eigenvalue weighted by molar-refractivity contribution is -0.131. The van der Waals surface area contributed by atoms with Crippen LogP contribution in [0.25, 0.3) is 0 Å². The van der Waals surface area contributed by atoms with E-state index in [1.165, 1.54) is 16.4 Å². The Morgan fingerprint density at radius 3 is 2.93 bits per heavy atom. The molecule has 2 amide bonds. The van der Waals surface area contributed by atoms with Crippen molar-refractivity contribution in [1.82, 2.24) is 14.7 Å². The summed E-state index contributed by atoms with van der Waals surface area (Å²) in [4.78, 5) is 26.1. The topological polar surface area (TPSA) is 85.7 Å². The van der Waals surface area contributed by atoms with Gasteiger partial charge < -0.3 is 19.7 Å². The van der Waals surface area contributed by atoms with Gasteiger partial charge in [-0.1, -0.05) is 17.7 Å². The van der Waals surface area contributed by atoms with Gasteiger partial charge in [-0.25, -0.2) is 0 Å². The smallest absolute Gasteiger partial charge is 0.253 e. The maximum atomic E-state index is 12.4.